The third-order valence-corrected chi connectivity index (χ3v) is 2.43. The molecule has 4 nitrogen and oxygen atoms in total. The Morgan fingerprint density at radius 2 is 2.13 bits per heavy atom. The van der Waals surface area contributed by atoms with Gasteiger partial charge in [-0.2, -0.15) is 5.26 Å². The molecular formula is C11H5N3O. The Hall–Kier alpha value is -2.41. The molecule has 2 aromatic heterocycles. The summed E-state index contributed by atoms with van der Waals surface area (Å²) in [6.45, 7) is 0. The fraction of sp³-hybridized carbons (Fsp3) is 0. The smallest absolute Gasteiger partial charge is 0.257 e. The highest BCUT2D eigenvalue weighted by atomic mass is 16.1. The fourth-order valence-corrected chi connectivity index (χ4v) is 1.81. The number of imidazole rings is 1. The number of hydrogen-bond donors (Lipinski definition) is 0. The molecule has 0 aliphatic carbocycles. The topological polar surface area (TPSA) is 58.2 Å². The summed E-state index contributed by atoms with van der Waals surface area (Å²) in [5, 5.41) is 9.79. The Labute approximate surface area is 84.4 Å². The van der Waals surface area contributed by atoms with E-state index >= 15 is 0 Å². The first-order chi connectivity index (χ1) is 7.31. The predicted molar refractivity (Wildman–Crippen MR) is 54.9 cm³/mol. The van der Waals surface area contributed by atoms with Crippen LogP contribution in [0, 0.1) is 11.3 Å². The maximum absolute atomic E-state index is 11.6. The molecule has 2 heterocycles. The van der Waals surface area contributed by atoms with E-state index in [1.54, 1.807) is 12.1 Å². The molecule has 0 aliphatic rings. The van der Waals surface area contributed by atoms with Crippen LogP contribution >= 0.6 is 0 Å². The molecule has 0 aliphatic heterocycles. The first kappa shape index (κ1) is 7.94. The number of para-hydroxylation sites is 1. The normalized spacial score (nSPS) is 10.9. The second-order valence-electron chi connectivity index (χ2n) is 3.27. The van der Waals surface area contributed by atoms with Gasteiger partial charge >= 0.3 is 0 Å². The molecule has 4 heteroatoms. The van der Waals surface area contributed by atoms with E-state index in [0.29, 0.717) is 5.52 Å². The summed E-state index contributed by atoms with van der Waals surface area (Å²) in [6, 6.07) is 10.7. The van der Waals surface area contributed by atoms with Gasteiger partial charge in [0, 0.05) is 11.5 Å². The van der Waals surface area contributed by atoms with Crippen LogP contribution in [0.15, 0.2) is 35.1 Å². The lowest BCUT2D eigenvalue weighted by molar-refractivity contribution is 1.06. The van der Waals surface area contributed by atoms with Gasteiger partial charge < -0.3 is 0 Å². The SMILES string of the molecule is N#Cc1nc2cccc3ccc(=O)n1c32. The number of hydrogen-bond acceptors (Lipinski definition) is 3. The van der Waals surface area contributed by atoms with E-state index in [1.807, 2.05) is 18.2 Å². The standard InChI is InChI=1S/C11H5N3O/c12-6-9-13-8-3-1-2-7-4-5-10(15)14(9)11(7)8/h1-5H. The number of nitrogens with zero attached hydrogens (tertiary/aromatic N) is 3. The van der Waals surface area contributed by atoms with Crippen molar-refractivity contribution in [2.75, 3.05) is 0 Å². The van der Waals surface area contributed by atoms with E-state index in [-0.39, 0.29) is 11.4 Å². The highest BCUT2D eigenvalue weighted by Gasteiger charge is 2.11. The van der Waals surface area contributed by atoms with Gasteiger partial charge in [0.25, 0.3) is 5.56 Å². The zero-order valence-electron chi connectivity index (χ0n) is 7.64. The van der Waals surface area contributed by atoms with Gasteiger partial charge in [-0.1, -0.05) is 12.1 Å². The summed E-state index contributed by atoms with van der Waals surface area (Å²) >= 11 is 0. The third-order valence-electron chi connectivity index (χ3n) is 2.43. The van der Waals surface area contributed by atoms with Crippen LogP contribution in [0.3, 0.4) is 0 Å². The second kappa shape index (κ2) is 2.55. The fourth-order valence-electron chi connectivity index (χ4n) is 1.81. The van der Waals surface area contributed by atoms with Crippen LogP contribution in [-0.2, 0) is 0 Å². The molecule has 0 spiro atoms. The van der Waals surface area contributed by atoms with Gasteiger partial charge in [-0.25, -0.2) is 9.38 Å². The van der Waals surface area contributed by atoms with Crippen LogP contribution in [0.25, 0.3) is 16.4 Å². The van der Waals surface area contributed by atoms with Crippen molar-refractivity contribution in [1.29, 1.82) is 5.26 Å². The zero-order valence-corrected chi connectivity index (χ0v) is 7.64. The van der Waals surface area contributed by atoms with Gasteiger partial charge in [0.05, 0.1) is 11.0 Å². The average molecular weight is 195 g/mol. The highest BCUT2D eigenvalue weighted by molar-refractivity contribution is 5.94. The summed E-state index contributed by atoms with van der Waals surface area (Å²) in [4.78, 5) is 15.7. The molecule has 1 aromatic carbocycles. The van der Waals surface area contributed by atoms with E-state index in [2.05, 4.69) is 4.98 Å². The van der Waals surface area contributed by atoms with Crippen molar-refractivity contribution in [1.82, 2.24) is 9.38 Å². The molecule has 0 bridgehead atoms. The molecular weight excluding hydrogens is 190 g/mol. The maximum atomic E-state index is 11.6. The van der Waals surface area contributed by atoms with Gasteiger partial charge in [-0.15, -0.1) is 0 Å². The quantitative estimate of drug-likeness (QED) is 0.540. The van der Waals surface area contributed by atoms with Crippen molar-refractivity contribution in [2.45, 2.75) is 0 Å². The van der Waals surface area contributed by atoms with Crippen molar-refractivity contribution in [3.8, 4) is 6.07 Å². The van der Waals surface area contributed by atoms with E-state index in [0.717, 1.165) is 10.9 Å². The zero-order chi connectivity index (χ0) is 10.4. The van der Waals surface area contributed by atoms with E-state index in [9.17, 15) is 4.79 Å². The molecule has 0 atom stereocenters. The minimum atomic E-state index is -0.215. The van der Waals surface area contributed by atoms with Gasteiger partial charge in [-0.3, -0.25) is 4.79 Å². The Kier molecular flexibility index (Phi) is 1.35. The minimum Gasteiger partial charge on any atom is -0.269 e. The first-order valence-corrected chi connectivity index (χ1v) is 4.45. The summed E-state index contributed by atoms with van der Waals surface area (Å²) in [5.41, 5.74) is 1.19. The number of rotatable bonds is 0. The largest absolute Gasteiger partial charge is 0.269 e. The van der Waals surface area contributed by atoms with Crippen molar-refractivity contribution >= 4 is 16.4 Å². The maximum Gasteiger partial charge on any atom is 0.257 e. The summed E-state index contributed by atoms with van der Waals surface area (Å²) in [7, 11) is 0. The van der Waals surface area contributed by atoms with Crippen LogP contribution in [0.5, 0.6) is 0 Å². The lowest BCUT2D eigenvalue weighted by Crippen LogP contribution is -2.12. The van der Waals surface area contributed by atoms with Crippen LogP contribution in [0.4, 0.5) is 0 Å². The Morgan fingerprint density at radius 3 is 2.93 bits per heavy atom. The van der Waals surface area contributed by atoms with Gasteiger partial charge in [0.15, 0.2) is 0 Å². The molecule has 70 valence electrons. The van der Waals surface area contributed by atoms with Gasteiger partial charge in [-0.05, 0) is 12.1 Å². The van der Waals surface area contributed by atoms with Crippen LogP contribution in [0.2, 0.25) is 0 Å². The number of benzene rings is 1. The summed E-state index contributed by atoms with van der Waals surface area (Å²) < 4.78 is 1.35. The number of pyridine rings is 1. The van der Waals surface area contributed by atoms with Gasteiger partial charge in [0.2, 0.25) is 5.82 Å². The Morgan fingerprint density at radius 1 is 1.27 bits per heavy atom. The highest BCUT2D eigenvalue weighted by Crippen LogP contribution is 2.19. The molecule has 0 amide bonds. The molecule has 0 N–H and O–H groups in total. The lowest BCUT2D eigenvalue weighted by atomic mass is 10.2. The summed E-state index contributed by atoms with van der Waals surface area (Å²) in [6.07, 6.45) is 0. The molecule has 0 unspecified atom stereocenters. The average Bonchev–Trinajstić information content (AvgIpc) is 2.64. The van der Waals surface area contributed by atoms with Crippen molar-refractivity contribution < 1.29 is 0 Å². The Balaban J connectivity index is 2.78. The predicted octanol–water partition coefficient (Wildman–Crippen LogP) is 1.16. The molecule has 0 fully saturated rings. The van der Waals surface area contributed by atoms with Crippen LogP contribution in [-0.4, -0.2) is 9.38 Å². The van der Waals surface area contributed by atoms with Crippen LogP contribution < -0.4 is 5.56 Å². The molecule has 0 radical (unpaired) electrons. The van der Waals surface area contributed by atoms with E-state index in [1.165, 1.54) is 10.5 Å². The number of nitriles is 1. The third kappa shape index (κ3) is 0.891. The van der Waals surface area contributed by atoms with Crippen molar-refractivity contribution in [3.63, 3.8) is 0 Å². The number of aromatic nitrogens is 2. The molecule has 3 aromatic rings. The van der Waals surface area contributed by atoms with E-state index < -0.39 is 0 Å². The van der Waals surface area contributed by atoms with Crippen molar-refractivity contribution in [2.24, 2.45) is 0 Å². The minimum absolute atomic E-state index is 0.145. The first-order valence-electron chi connectivity index (χ1n) is 4.45. The summed E-state index contributed by atoms with van der Waals surface area (Å²) in [5.74, 6) is 0.145. The monoisotopic (exact) mass is 195 g/mol. The van der Waals surface area contributed by atoms with Crippen molar-refractivity contribution in [3.05, 3.63) is 46.5 Å². The second-order valence-corrected chi connectivity index (χ2v) is 3.27. The van der Waals surface area contributed by atoms with Gasteiger partial charge in [0.1, 0.15) is 6.07 Å². The van der Waals surface area contributed by atoms with E-state index in [4.69, 9.17) is 5.26 Å². The molecule has 3 rings (SSSR count). The Bertz CT molecular complexity index is 751. The molecule has 0 saturated carbocycles. The van der Waals surface area contributed by atoms with Crippen LogP contribution in [0.1, 0.15) is 5.82 Å². The lowest BCUT2D eigenvalue weighted by Gasteiger charge is -1.96. The molecule has 15 heavy (non-hydrogen) atoms. The molecule has 0 saturated heterocycles.